The van der Waals surface area contributed by atoms with Crippen LogP contribution in [-0.2, 0) is 24.6 Å². The van der Waals surface area contributed by atoms with Crippen LogP contribution in [0.5, 0.6) is 11.5 Å². The zero-order valence-corrected chi connectivity index (χ0v) is 28.1. The van der Waals surface area contributed by atoms with Gasteiger partial charge in [0.05, 0.1) is 34.5 Å². The average Bonchev–Trinajstić information content (AvgIpc) is 3.51. The van der Waals surface area contributed by atoms with E-state index in [0.29, 0.717) is 16.2 Å². The van der Waals surface area contributed by atoms with Gasteiger partial charge < -0.3 is 15.3 Å². The molecule has 53 heavy (non-hydrogen) atoms. The van der Waals surface area contributed by atoms with Crippen molar-refractivity contribution in [2.24, 2.45) is 23.7 Å². The third-order valence-electron chi connectivity index (χ3n) is 11.1. The molecule has 2 heterocycles. The monoisotopic (exact) mass is 739 g/mol. The van der Waals surface area contributed by atoms with Gasteiger partial charge in [-0.05, 0) is 78.9 Å². The molecule has 268 valence electrons. The largest absolute Gasteiger partial charge is 0.507 e. The molecule has 0 aromatic heterocycles. The van der Waals surface area contributed by atoms with Crippen molar-refractivity contribution in [3.8, 4) is 11.5 Å². The van der Waals surface area contributed by atoms with Crippen molar-refractivity contribution in [3.63, 3.8) is 0 Å². The lowest BCUT2D eigenvalue weighted by molar-refractivity contribution is -0.138. The van der Waals surface area contributed by atoms with Crippen LogP contribution in [0, 0.1) is 35.3 Å². The molecule has 2 aliphatic heterocycles. The number of benzene rings is 4. The van der Waals surface area contributed by atoms with Crippen LogP contribution in [0.1, 0.15) is 40.2 Å². The summed E-state index contributed by atoms with van der Waals surface area (Å²) in [7, 11) is 0. The van der Waals surface area contributed by atoms with E-state index in [2.05, 4.69) is 5.43 Å². The number of phenols is 2. The predicted molar refractivity (Wildman–Crippen MR) is 185 cm³/mol. The van der Waals surface area contributed by atoms with Gasteiger partial charge in [0.15, 0.2) is 11.6 Å². The van der Waals surface area contributed by atoms with Gasteiger partial charge in [0, 0.05) is 22.6 Å². The summed E-state index contributed by atoms with van der Waals surface area (Å²) in [5.41, 5.74) is 1.45. The molecule has 1 saturated carbocycles. The van der Waals surface area contributed by atoms with Crippen molar-refractivity contribution in [2.45, 2.75) is 24.2 Å². The highest BCUT2D eigenvalue weighted by atomic mass is 35.5. The summed E-state index contributed by atoms with van der Waals surface area (Å²) >= 11 is 6.28. The first-order valence-corrected chi connectivity index (χ1v) is 17.0. The Morgan fingerprint density at radius 3 is 2.26 bits per heavy atom. The number of aromatic carboxylic acids is 1. The van der Waals surface area contributed by atoms with Crippen LogP contribution in [0.3, 0.4) is 0 Å². The minimum absolute atomic E-state index is 0.00435. The third kappa shape index (κ3) is 4.94. The molecular formula is C39H28ClF2N3O8. The van der Waals surface area contributed by atoms with E-state index < -0.39 is 93.3 Å². The number of hydrogen-bond acceptors (Lipinski definition) is 8. The Kier molecular flexibility index (Phi) is 7.87. The highest BCUT2D eigenvalue weighted by molar-refractivity contribution is 6.30. The van der Waals surface area contributed by atoms with Crippen LogP contribution in [0.15, 0.2) is 96.6 Å². The molecule has 14 heteroatoms. The number of halogens is 3. The Labute approximate surface area is 304 Å². The lowest BCUT2D eigenvalue weighted by Gasteiger charge is -2.50. The number of phenolic OH excluding ortho intramolecular Hbond substituents is 1. The lowest BCUT2D eigenvalue weighted by Crippen LogP contribution is -2.53. The molecule has 3 fully saturated rings. The van der Waals surface area contributed by atoms with Gasteiger partial charge in [0.2, 0.25) is 11.8 Å². The molecule has 2 saturated heterocycles. The maximum Gasteiger partial charge on any atom is 0.339 e. The number of imide groups is 2. The second-order valence-electron chi connectivity index (χ2n) is 13.6. The van der Waals surface area contributed by atoms with Crippen molar-refractivity contribution in [1.82, 2.24) is 5.01 Å². The van der Waals surface area contributed by atoms with E-state index in [1.54, 1.807) is 30.3 Å². The number of carbonyl (C=O) groups excluding carboxylic acids is 4. The lowest BCUT2D eigenvalue weighted by atomic mass is 9.49. The number of amides is 4. The zero-order chi connectivity index (χ0) is 37.5. The molecule has 4 N–H and O–H groups in total. The number of nitrogens with zero attached hydrogens (tertiary/aromatic N) is 2. The average molecular weight is 740 g/mol. The first kappa shape index (κ1) is 34.0. The van der Waals surface area contributed by atoms with Crippen LogP contribution >= 0.6 is 11.6 Å². The molecule has 6 atom stereocenters. The first-order valence-electron chi connectivity index (χ1n) is 16.6. The topological polar surface area (TPSA) is 165 Å². The fourth-order valence-corrected chi connectivity index (χ4v) is 8.99. The summed E-state index contributed by atoms with van der Waals surface area (Å²) in [4.78, 5) is 70.6. The van der Waals surface area contributed by atoms with E-state index in [-0.39, 0.29) is 29.8 Å². The molecule has 11 nitrogen and oxygen atoms in total. The number of para-hydroxylation sites is 1. The van der Waals surface area contributed by atoms with Gasteiger partial charge in [-0.25, -0.2) is 18.5 Å². The molecule has 4 aliphatic rings. The first-order chi connectivity index (χ1) is 25.3. The highest BCUT2D eigenvalue weighted by Crippen LogP contribution is 2.65. The van der Waals surface area contributed by atoms with Gasteiger partial charge >= 0.3 is 5.97 Å². The minimum atomic E-state index is -1.83. The zero-order valence-electron chi connectivity index (χ0n) is 27.4. The number of hydrogen-bond donors (Lipinski definition) is 4. The number of carboxylic acid groups (broad SMARTS) is 1. The van der Waals surface area contributed by atoms with Crippen molar-refractivity contribution in [1.29, 1.82) is 0 Å². The summed E-state index contributed by atoms with van der Waals surface area (Å²) in [5.74, 6) is -12.5. The van der Waals surface area contributed by atoms with Crippen LogP contribution in [-0.4, -0.2) is 49.9 Å². The highest BCUT2D eigenvalue weighted by Gasteiger charge is 2.70. The van der Waals surface area contributed by atoms with Crippen molar-refractivity contribution in [3.05, 3.63) is 130 Å². The summed E-state index contributed by atoms with van der Waals surface area (Å²) < 4.78 is 29.1. The van der Waals surface area contributed by atoms with Gasteiger partial charge in [-0.3, -0.25) is 24.6 Å². The fourth-order valence-electron chi connectivity index (χ4n) is 8.86. The maximum atomic E-state index is 15.3. The number of rotatable bonds is 6. The number of nitrogens with one attached hydrogen (secondary N) is 1. The quantitative estimate of drug-likeness (QED) is 0.139. The van der Waals surface area contributed by atoms with Crippen LogP contribution < -0.4 is 10.3 Å². The number of allylic oxidation sites excluding steroid dienone is 2. The standard InChI is InChI=1S/C39H28ClF2N3O8/c40-19-6-4-18(5-7-19)39-28(35(49)45(38(39)53)43-21-10-8-20(41)9-11-21)17-27-23(32(39)26-2-1-3-29(42)33(26)47)14-15-25-31(27)36(50)44(34(25)48)22-12-13-24(37(51)52)30(46)16-22/h1-14,16,25,27-28,31-32,43,46-47H,15,17H2,(H,51,52). The summed E-state index contributed by atoms with van der Waals surface area (Å²) in [6, 6.07) is 18.4. The molecule has 2 aliphatic carbocycles. The van der Waals surface area contributed by atoms with E-state index in [9.17, 15) is 38.9 Å². The van der Waals surface area contributed by atoms with E-state index in [1.165, 1.54) is 30.3 Å². The second kappa shape index (κ2) is 12.3. The minimum Gasteiger partial charge on any atom is -0.507 e. The summed E-state index contributed by atoms with van der Waals surface area (Å²) in [6.07, 6.45) is 1.59. The van der Waals surface area contributed by atoms with Crippen LogP contribution in [0.25, 0.3) is 0 Å². The van der Waals surface area contributed by atoms with Crippen molar-refractivity contribution in [2.75, 3.05) is 10.3 Å². The molecule has 8 rings (SSSR count). The number of aromatic hydroxyl groups is 2. The molecular weight excluding hydrogens is 712 g/mol. The van der Waals surface area contributed by atoms with Gasteiger partial charge in [0.1, 0.15) is 17.1 Å². The summed E-state index contributed by atoms with van der Waals surface area (Å²) in [6.45, 7) is 0. The number of hydrazine groups is 1. The third-order valence-corrected chi connectivity index (χ3v) is 11.3. The van der Waals surface area contributed by atoms with Crippen LogP contribution in [0.4, 0.5) is 20.2 Å². The van der Waals surface area contributed by atoms with E-state index in [0.717, 1.165) is 40.2 Å². The number of anilines is 2. The molecule has 4 aromatic rings. The van der Waals surface area contributed by atoms with Crippen molar-refractivity contribution < 1.29 is 48.1 Å². The van der Waals surface area contributed by atoms with Crippen molar-refractivity contribution >= 4 is 52.6 Å². The van der Waals surface area contributed by atoms with Gasteiger partial charge in [-0.2, -0.15) is 5.01 Å². The van der Waals surface area contributed by atoms with Gasteiger partial charge in [-0.15, -0.1) is 0 Å². The number of carbonyl (C=O) groups is 5. The Morgan fingerprint density at radius 1 is 0.868 bits per heavy atom. The smallest absolute Gasteiger partial charge is 0.339 e. The second-order valence-corrected chi connectivity index (χ2v) is 14.0. The SMILES string of the molecule is O=C(O)c1ccc(N2C(=O)C3CC=C4C(CC5C(=O)N(Nc6ccc(F)cc6)C(=O)C5(c5ccc(Cl)cc5)C4c4cccc(F)c4O)C3C2=O)cc1O. The molecule has 0 bridgehead atoms. The maximum absolute atomic E-state index is 15.3. The molecule has 0 spiro atoms. The number of fused-ring (bicyclic) bond motifs is 4. The molecule has 0 radical (unpaired) electrons. The fraction of sp³-hybridized carbons (Fsp3) is 0.205. The molecule has 4 amide bonds. The Balaban J connectivity index is 1.31. The molecule has 6 unspecified atom stereocenters. The Morgan fingerprint density at radius 2 is 1.58 bits per heavy atom. The Bertz CT molecular complexity index is 2300. The normalized spacial score (nSPS) is 26.2. The number of carboxylic acids is 1. The van der Waals surface area contributed by atoms with Crippen LogP contribution in [0.2, 0.25) is 5.02 Å². The summed E-state index contributed by atoms with van der Waals surface area (Å²) in [5, 5.41) is 32.3. The van der Waals surface area contributed by atoms with Gasteiger partial charge in [-0.1, -0.05) is 47.5 Å². The Hall–Kier alpha value is -6.08. The van der Waals surface area contributed by atoms with E-state index in [1.807, 2.05) is 0 Å². The van der Waals surface area contributed by atoms with E-state index in [4.69, 9.17) is 11.6 Å². The van der Waals surface area contributed by atoms with E-state index >= 15 is 9.18 Å². The van der Waals surface area contributed by atoms with Gasteiger partial charge in [0.25, 0.3) is 11.8 Å². The predicted octanol–water partition coefficient (Wildman–Crippen LogP) is 5.92. The molecule has 4 aromatic carbocycles.